The van der Waals surface area contributed by atoms with E-state index in [-0.39, 0.29) is 0 Å². The average molecular weight is 215 g/mol. The summed E-state index contributed by atoms with van der Waals surface area (Å²) < 4.78 is 14.2. The Kier molecular flexibility index (Phi) is 1.86. The summed E-state index contributed by atoms with van der Waals surface area (Å²) in [6.07, 6.45) is 4.60. The first-order valence-corrected chi connectivity index (χ1v) is 4.61. The predicted octanol–water partition coefficient (Wildman–Crippen LogP) is 1.33. The van der Waals surface area contributed by atoms with Crippen molar-refractivity contribution in [1.82, 2.24) is 24.6 Å². The lowest BCUT2D eigenvalue weighted by molar-refractivity contribution is 0.584. The van der Waals surface area contributed by atoms with E-state index in [9.17, 15) is 4.39 Å². The quantitative estimate of drug-likeness (QED) is 0.574. The third-order valence-corrected chi connectivity index (χ3v) is 2.17. The molecule has 5 nitrogen and oxygen atoms in total. The van der Waals surface area contributed by atoms with Crippen LogP contribution in [0.3, 0.4) is 0 Å². The Balaban J connectivity index is 2.14. The van der Waals surface area contributed by atoms with E-state index in [0.717, 1.165) is 5.56 Å². The largest absolute Gasteiger partial charge is 0.252 e. The number of hydrogen-bond donors (Lipinski definition) is 0. The second-order valence-electron chi connectivity index (χ2n) is 3.19. The lowest BCUT2D eigenvalue weighted by Gasteiger charge is -1.99. The van der Waals surface area contributed by atoms with Gasteiger partial charge in [0.2, 0.25) is 5.95 Å². The Hall–Kier alpha value is -2.37. The van der Waals surface area contributed by atoms with Crippen LogP contribution in [-0.4, -0.2) is 24.6 Å². The molecule has 0 aliphatic rings. The minimum absolute atomic E-state index is 0.502. The molecule has 0 spiro atoms. The normalized spacial score (nSPS) is 10.8. The highest BCUT2D eigenvalue weighted by molar-refractivity contribution is 5.58. The number of aromatic nitrogens is 5. The van der Waals surface area contributed by atoms with Crippen LogP contribution in [0.2, 0.25) is 0 Å². The molecule has 0 saturated carbocycles. The van der Waals surface area contributed by atoms with Crippen LogP contribution in [0.1, 0.15) is 0 Å². The molecule has 16 heavy (non-hydrogen) atoms. The zero-order valence-corrected chi connectivity index (χ0v) is 8.08. The molecular formula is C10H6FN5. The number of halogens is 1. The molecule has 6 heteroatoms. The van der Waals surface area contributed by atoms with Crippen LogP contribution < -0.4 is 0 Å². The monoisotopic (exact) mass is 215 g/mol. The molecule has 0 N–H and O–H groups in total. The molecule has 78 valence electrons. The zero-order valence-electron chi connectivity index (χ0n) is 8.08. The van der Waals surface area contributed by atoms with E-state index in [1.165, 1.54) is 18.6 Å². The lowest BCUT2D eigenvalue weighted by atomic mass is 10.2. The van der Waals surface area contributed by atoms with Crippen LogP contribution in [0.15, 0.2) is 36.9 Å². The topological polar surface area (TPSA) is 56.0 Å². The van der Waals surface area contributed by atoms with Crippen molar-refractivity contribution in [1.29, 1.82) is 0 Å². The number of fused-ring (bicyclic) bond motifs is 1. The predicted molar refractivity (Wildman–Crippen MR) is 54.0 cm³/mol. The standard InChI is InChI=1S/C10H6FN5/c11-9-2-1-7(5-12-9)8-3-4-16-10(15-8)13-6-14-16/h1-6H. The minimum atomic E-state index is -0.507. The first-order chi connectivity index (χ1) is 7.83. The number of hydrogen-bond acceptors (Lipinski definition) is 4. The van der Waals surface area contributed by atoms with Gasteiger partial charge in [0, 0.05) is 18.0 Å². The molecule has 0 saturated heterocycles. The molecule has 0 amide bonds. The van der Waals surface area contributed by atoms with E-state index in [1.807, 2.05) is 0 Å². The van der Waals surface area contributed by atoms with E-state index in [0.29, 0.717) is 11.5 Å². The van der Waals surface area contributed by atoms with Crippen molar-refractivity contribution in [2.24, 2.45) is 0 Å². The van der Waals surface area contributed by atoms with Crippen molar-refractivity contribution in [3.8, 4) is 11.3 Å². The van der Waals surface area contributed by atoms with E-state index >= 15 is 0 Å². The van der Waals surface area contributed by atoms with E-state index in [2.05, 4.69) is 20.1 Å². The van der Waals surface area contributed by atoms with E-state index < -0.39 is 5.95 Å². The summed E-state index contributed by atoms with van der Waals surface area (Å²) in [4.78, 5) is 11.8. The van der Waals surface area contributed by atoms with Crippen molar-refractivity contribution >= 4 is 5.78 Å². The van der Waals surface area contributed by atoms with Gasteiger partial charge >= 0.3 is 0 Å². The van der Waals surface area contributed by atoms with Crippen LogP contribution in [-0.2, 0) is 0 Å². The molecule has 0 radical (unpaired) electrons. The number of pyridine rings is 1. The second-order valence-corrected chi connectivity index (χ2v) is 3.19. The average Bonchev–Trinajstić information content (AvgIpc) is 2.77. The van der Waals surface area contributed by atoms with Crippen LogP contribution >= 0.6 is 0 Å². The van der Waals surface area contributed by atoms with Gasteiger partial charge in [0.25, 0.3) is 5.78 Å². The summed E-state index contributed by atoms with van der Waals surface area (Å²) in [7, 11) is 0. The van der Waals surface area contributed by atoms with Gasteiger partial charge in [-0.3, -0.25) is 0 Å². The van der Waals surface area contributed by atoms with Crippen LogP contribution in [0, 0.1) is 5.95 Å². The van der Waals surface area contributed by atoms with E-state index in [4.69, 9.17) is 0 Å². The van der Waals surface area contributed by atoms with Gasteiger partial charge in [0.05, 0.1) is 5.69 Å². The third kappa shape index (κ3) is 1.40. The smallest absolute Gasteiger partial charge is 0.228 e. The lowest BCUT2D eigenvalue weighted by Crippen LogP contribution is -1.93. The van der Waals surface area contributed by atoms with E-state index in [1.54, 1.807) is 22.8 Å². The Morgan fingerprint density at radius 1 is 1.12 bits per heavy atom. The first-order valence-electron chi connectivity index (χ1n) is 4.61. The Bertz CT molecular complexity index is 631. The Labute approximate surface area is 89.6 Å². The highest BCUT2D eigenvalue weighted by Crippen LogP contribution is 2.15. The van der Waals surface area contributed by atoms with Gasteiger partial charge in [-0.05, 0) is 18.2 Å². The van der Waals surface area contributed by atoms with Gasteiger partial charge < -0.3 is 0 Å². The first kappa shape index (κ1) is 8.90. The molecule has 0 unspecified atom stereocenters. The molecule has 3 rings (SSSR count). The van der Waals surface area contributed by atoms with Crippen LogP contribution in [0.4, 0.5) is 4.39 Å². The van der Waals surface area contributed by atoms with Gasteiger partial charge in [-0.2, -0.15) is 14.5 Å². The van der Waals surface area contributed by atoms with Crippen molar-refractivity contribution in [3.05, 3.63) is 42.9 Å². The Morgan fingerprint density at radius 2 is 2.06 bits per heavy atom. The second kappa shape index (κ2) is 3.34. The van der Waals surface area contributed by atoms with Gasteiger partial charge in [0.15, 0.2) is 0 Å². The third-order valence-electron chi connectivity index (χ3n) is 2.17. The fraction of sp³-hybridized carbons (Fsp3) is 0. The fourth-order valence-corrected chi connectivity index (χ4v) is 1.40. The summed E-state index contributed by atoms with van der Waals surface area (Å²) in [5, 5.41) is 3.94. The molecule has 3 heterocycles. The maximum absolute atomic E-state index is 12.6. The van der Waals surface area contributed by atoms with Gasteiger partial charge in [-0.1, -0.05) is 0 Å². The summed E-state index contributed by atoms with van der Waals surface area (Å²) in [5.41, 5.74) is 1.43. The molecule has 0 aliphatic heterocycles. The van der Waals surface area contributed by atoms with Gasteiger partial charge in [-0.15, -0.1) is 0 Å². The fourth-order valence-electron chi connectivity index (χ4n) is 1.40. The minimum Gasteiger partial charge on any atom is -0.228 e. The van der Waals surface area contributed by atoms with Crippen molar-refractivity contribution in [2.75, 3.05) is 0 Å². The highest BCUT2D eigenvalue weighted by Gasteiger charge is 2.03. The molecule has 0 aliphatic carbocycles. The summed E-state index contributed by atoms with van der Waals surface area (Å²) >= 11 is 0. The maximum Gasteiger partial charge on any atom is 0.252 e. The van der Waals surface area contributed by atoms with Crippen molar-refractivity contribution in [2.45, 2.75) is 0 Å². The molecule has 3 aromatic heterocycles. The van der Waals surface area contributed by atoms with Crippen LogP contribution in [0.5, 0.6) is 0 Å². The SMILES string of the molecule is Fc1ccc(-c2ccn3ncnc3n2)cn1. The maximum atomic E-state index is 12.6. The summed E-state index contributed by atoms with van der Waals surface area (Å²) in [5.74, 6) is -0.00543. The molecule has 0 aromatic carbocycles. The van der Waals surface area contributed by atoms with Gasteiger partial charge in [0.1, 0.15) is 6.33 Å². The molecule has 3 aromatic rings. The van der Waals surface area contributed by atoms with Crippen LogP contribution in [0.25, 0.3) is 17.0 Å². The summed E-state index contributed by atoms with van der Waals surface area (Å²) in [6, 6.07) is 4.69. The number of nitrogens with zero attached hydrogens (tertiary/aromatic N) is 5. The van der Waals surface area contributed by atoms with Crippen molar-refractivity contribution in [3.63, 3.8) is 0 Å². The highest BCUT2D eigenvalue weighted by atomic mass is 19.1. The molecule has 0 atom stereocenters. The molecule has 0 bridgehead atoms. The molecule has 0 fully saturated rings. The number of rotatable bonds is 1. The molecular weight excluding hydrogens is 209 g/mol. The van der Waals surface area contributed by atoms with Crippen molar-refractivity contribution < 1.29 is 4.39 Å². The van der Waals surface area contributed by atoms with Gasteiger partial charge in [-0.25, -0.2) is 14.5 Å². The Morgan fingerprint density at radius 3 is 2.88 bits per heavy atom. The summed E-state index contributed by atoms with van der Waals surface area (Å²) in [6.45, 7) is 0. The zero-order chi connectivity index (χ0) is 11.0.